The van der Waals surface area contributed by atoms with Crippen LogP contribution in [-0.4, -0.2) is 4.57 Å². The van der Waals surface area contributed by atoms with Crippen LogP contribution in [-0.2, 0) is 25.9 Å². The van der Waals surface area contributed by atoms with E-state index in [1.54, 1.807) is 5.82 Å². The number of rotatable bonds is 23. The van der Waals surface area contributed by atoms with E-state index in [2.05, 4.69) is 65.7 Å². The lowest BCUT2D eigenvalue weighted by molar-refractivity contribution is -0.704. The van der Waals surface area contributed by atoms with Crippen molar-refractivity contribution in [2.24, 2.45) is 0 Å². The lowest BCUT2D eigenvalue weighted by atomic mass is 10.1. The van der Waals surface area contributed by atoms with Crippen molar-refractivity contribution in [2.45, 2.75) is 155 Å². The second-order valence-electron chi connectivity index (χ2n) is 10.7. The van der Waals surface area contributed by atoms with Gasteiger partial charge in [-0.1, -0.05) is 134 Å². The van der Waals surface area contributed by atoms with Crippen LogP contribution in [0.2, 0.25) is 0 Å². The van der Waals surface area contributed by atoms with Crippen LogP contribution in [0.4, 0.5) is 0 Å². The molecule has 0 unspecified atom stereocenters. The van der Waals surface area contributed by atoms with Crippen molar-refractivity contribution < 1.29 is 4.57 Å². The first-order valence-corrected chi connectivity index (χ1v) is 15.5. The Kier molecular flexibility index (Phi) is 17.5. The van der Waals surface area contributed by atoms with E-state index in [4.69, 9.17) is 0 Å². The van der Waals surface area contributed by atoms with Crippen LogP contribution in [0.5, 0.6) is 0 Å². The van der Waals surface area contributed by atoms with Gasteiger partial charge in [-0.2, -0.15) is 0 Å². The molecule has 35 heavy (non-hydrogen) atoms. The van der Waals surface area contributed by atoms with Gasteiger partial charge >= 0.3 is 0 Å². The molecule has 0 saturated carbocycles. The third kappa shape index (κ3) is 13.9. The lowest BCUT2D eigenvalue weighted by Crippen LogP contribution is -2.37. The molecular formula is C33H57N2+. The van der Waals surface area contributed by atoms with Gasteiger partial charge in [-0.15, -0.1) is 0 Å². The quantitative estimate of drug-likeness (QED) is 0.110. The highest BCUT2D eigenvalue weighted by molar-refractivity contribution is 5.14. The maximum Gasteiger partial charge on any atom is 0.256 e. The Morgan fingerprint density at radius 3 is 1.71 bits per heavy atom. The Balaban J connectivity index is 1.73. The van der Waals surface area contributed by atoms with Gasteiger partial charge in [-0.3, -0.25) is 0 Å². The van der Waals surface area contributed by atoms with E-state index in [1.165, 1.54) is 141 Å². The van der Waals surface area contributed by atoms with Crippen LogP contribution < -0.4 is 4.57 Å². The van der Waals surface area contributed by atoms with Crippen molar-refractivity contribution in [2.75, 3.05) is 0 Å². The Hall–Kier alpha value is -1.57. The minimum Gasteiger partial charge on any atom is -0.234 e. The minimum absolute atomic E-state index is 1.14. The number of hydrogen-bond donors (Lipinski definition) is 0. The van der Waals surface area contributed by atoms with Crippen LogP contribution in [0.1, 0.15) is 141 Å². The van der Waals surface area contributed by atoms with E-state index in [-0.39, 0.29) is 0 Å². The summed E-state index contributed by atoms with van der Waals surface area (Å²) in [7, 11) is 0. The number of hydrogen-bond acceptors (Lipinski definition) is 0. The van der Waals surface area contributed by atoms with Crippen molar-refractivity contribution >= 4 is 0 Å². The molecule has 2 rings (SSSR count). The standard InChI is InChI=1S/C33H57N2/c1-3-5-7-9-11-12-13-15-17-22-28-34-30-31-35(29-23-26-32-24-19-18-20-25-32)33(34)27-21-16-14-10-8-6-4-2/h18-20,24-25,30-31H,3-17,21-23,26-29H2,1-2H3/q+1. The molecule has 0 aliphatic heterocycles. The highest BCUT2D eigenvalue weighted by Gasteiger charge is 2.16. The van der Waals surface area contributed by atoms with E-state index in [1.807, 2.05) is 0 Å². The summed E-state index contributed by atoms with van der Waals surface area (Å²) in [5.74, 6) is 1.57. The lowest BCUT2D eigenvalue weighted by Gasteiger charge is -2.07. The van der Waals surface area contributed by atoms with Crippen LogP contribution >= 0.6 is 0 Å². The fraction of sp³-hybridized carbons (Fsp3) is 0.727. The molecule has 198 valence electrons. The van der Waals surface area contributed by atoms with Gasteiger partial charge in [-0.05, 0) is 37.7 Å². The van der Waals surface area contributed by atoms with Gasteiger partial charge in [0.2, 0.25) is 0 Å². The van der Waals surface area contributed by atoms with Crippen molar-refractivity contribution in [3.63, 3.8) is 0 Å². The topological polar surface area (TPSA) is 8.81 Å². The maximum absolute atomic E-state index is 2.59. The highest BCUT2D eigenvalue weighted by atomic mass is 15.1. The largest absolute Gasteiger partial charge is 0.256 e. The van der Waals surface area contributed by atoms with Gasteiger partial charge in [0.05, 0.1) is 13.1 Å². The smallest absolute Gasteiger partial charge is 0.234 e. The SMILES string of the molecule is CCCCCCCCCCCCn1cc[n+](CCCc2ccccc2)c1CCCCCCCCC. The van der Waals surface area contributed by atoms with Crippen LogP contribution in [0.25, 0.3) is 0 Å². The second-order valence-corrected chi connectivity index (χ2v) is 10.7. The molecule has 0 amide bonds. The zero-order valence-corrected chi connectivity index (χ0v) is 23.5. The van der Waals surface area contributed by atoms with Crippen molar-refractivity contribution in [3.8, 4) is 0 Å². The average Bonchev–Trinajstić information content (AvgIpc) is 3.26. The first kappa shape index (κ1) is 29.7. The minimum atomic E-state index is 1.14. The summed E-state index contributed by atoms with van der Waals surface area (Å²) in [6, 6.07) is 11.0. The number of benzene rings is 1. The fourth-order valence-corrected chi connectivity index (χ4v) is 5.30. The molecule has 0 radical (unpaired) electrons. The number of imidazole rings is 1. The van der Waals surface area contributed by atoms with Crippen molar-refractivity contribution in [3.05, 3.63) is 54.1 Å². The predicted molar refractivity (Wildman–Crippen MR) is 153 cm³/mol. The fourth-order valence-electron chi connectivity index (χ4n) is 5.30. The number of nitrogens with zero attached hydrogens (tertiary/aromatic N) is 2. The molecule has 2 heteroatoms. The summed E-state index contributed by atoms with van der Waals surface area (Å²) in [4.78, 5) is 0. The van der Waals surface area contributed by atoms with Crippen molar-refractivity contribution in [1.82, 2.24) is 4.57 Å². The summed E-state index contributed by atoms with van der Waals surface area (Å²) in [5.41, 5.74) is 1.46. The normalized spacial score (nSPS) is 11.4. The van der Waals surface area contributed by atoms with E-state index in [9.17, 15) is 0 Å². The van der Waals surface area contributed by atoms with E-state index in [0.29, 0.717) is 0 Å². The van der Waals surface area contributed by atoms with Gasteiger partial charge < -0.3 is 0 Å². The number of aromatic nitrogens is 2. The van der Waals surface area contributed by atoms with E-state index in [0.717, 1.165) is 6.54 Å². The van der Waals surface area contributed by atoms with E-state index >= 15 is 0 Å². The molecule has 1 heterocycles. The molecule has 0 bridgehead atoms. The molecule has 0 aliphatic carbocycles. The molecular weight excluding hydrogens is 424 g/mol. The molecule has 2 aromatic rings. The van der Waals surface area contributed by atoms with Crippen molar-refractivity contribution in [1.29, 1.82) is 0 Å². The Bertz CT molecular complexity index is 718. The monoisotopic (exact) mass is 481 g/mol. The first-order chi connectivity index (χ1) is 17.3. The van der Waals surface area contributed by atoms with Crippen LogP contribution in [0.3, 0.4) is 0 Å². The van der Waals surface area contributed by atoms with Crippen LogP contribution in [0.15, 0.2) is 42.7 Å². The van der Waals surface area contributed by atoms with Crippen LogP contribution in [0, 0.1) is 0 Å². The molecule has 0 aliphatic rings. The highest BCUT2D eigenvalue weighted by Crippen LogP contribution is 2.13. The summed E-state index contributed by atoms with van der Waals surface area (Å²) >= 11 is 0. The Morgan fingerprint density at radius 2 is 1.11 bits per heavy atom. The zero-order valence-electron chi connectivity index (χ0n) is 23.5. The summed E-state index contributed by atoms with van der Waals surface area (Å²) in [5, 5.41) is 0. The molecule has 1 aromatic heterocycles. The summed E-state index contributed by atoms with van der Waals surface area (Å²) in [6.07, 6.45) is 32.2. The molecule has 2 nitrogen and oxygen atoms in total. The third-order valence-corrected chi connectivity index (χ3v) is 7.55. The number of aryl methyl sites for hydroxylation is 3. The molecule has 0 saturated heterocycles. The molecule has 0 N–H and O–H groups in total. The van der Waals surface area contributed by atoms with Gasteiger partial charge in [0.15, 0.2) is 0 Å². The molecule has 1 aromatic carbocycles. The maximum atomic E-state index is 2.59. The summed E-state index contributed by atoms with van der Waals surface area (Å²) < 4.78 is 5.15. The Morgan fingerprint density at radius 1 is 0.571 bits per heavy atom. The molecule has 0 atom stereocenters. The average molecular weight is 482 g/mol. The number of unbranched alkanes of at least 4 members (excludes halogenated alkanes) is 15. The Labute approximate surface area is 218 Å². The molecule has 0 spiro atoms. The molecule has 0 fully saturated rings. The van der Waals surface area contributed by atoms with E-state index < -0.39 is 0 Å². The second kappa shape index (κ2) is 20.6. The van der Waals surface area contributed by atoms with Gasteiger partial charge in [-0.25, -0.2) is 9.13 Å². The van der Waals surface area contributed by atoms with Gasteiger partial charge in [0.1, 0.15) is 12.4 Å². The first-order valence-electron chi connectivity index (χ1n) is 15.5. The van der Waals surface area contributed by atoms with Gasteiger partial charge in [0, 0.05) is 6.42 Å². The summed E-state index contributed by atoms with van der Waals surface area (Å²) in [6.45, 7) is 6.95. The van der Waals surface area contributed by atoms with Gasteiger partial charge in [0.25, 0.3) is 5.82 Å². The third-order valence-electron chi connectivity index (χ3n) is 7.55. The zero-order chi connectivity index (χ0) is 24.8. The predicted octanol–water partition coefficient (Wildman–Crippen LogP) is 9.62.